The number of aliphatic hydroxyl groups is 3. The Hall–Kier alpha value is -1.55. The number of aromatic nitrogens is 3. The Bertz CT molecular complexity index is 422. The van der Waals surface area contributed by atoms with Crippen molar-refractivity contribution in [1.82, 2.24) is 15.0 Å². The van der Waals surface area contributed by atoms with Gasteiger partial charge < -0.3 is 25.8 Å². The summed E-state index contributed by atoms with van der Waals surface area (Å²) in [5, 5.41) is 35.1. The number of rotatable bonds is 3. The van der Waals surface area contributed by atoms with E-state index < -0.39 is 37.1 Å². The molecule has 1 aliphatic rings. The summed E-state index contributed by atoms with van der Waals surface area (Å²) < 4.78 is 6.25. The predicted octanol–water partition coefficient (Wildman–Crippen LogP) is -3.01. The Morgan fingerprint density at radius 1 is 1.53 bits per heavy atom. The minimum atomic E-state index is -1.27. The second-order valence-electron chi connectivity index (χ2n) is 3.68. The third kappa shape index (κ3) is 2.00. The topological polar surface area (TPSA) is 144 Å². The van der Waals surface area contributed by atoms with Crippen LogP contribution in [0.4, 0.5) is 0 Å². The standard InChI is InChI=1S/C8H12N4O5/c9-7(16)3-1-12(11-10-3)8-6(15)5(14)4(2-13)17-8/h1,4-6,8,13-15H,2H2,(H2,9,16)/t4-,5-,6-,8?/m1/s1. The highest BCUT2D eigenvalue weighted by Gasteiger charge is 2.44. The fourth-order valence-electron chi connectivity index (χ4n) is 1.61. The Morgan fingerprint density at radius 2 is 2.24 bits per heavy atom. The molecule has 0 radical (unpaired) electrons. The van der Waals surface area contributed by atoms with Crippen LogP contribution in [0.5, 0.6) is 0 Å². The highest BCUT2D eigenvalue weighted by molar-refractivity contribution is 5.90. The lowest BCUT2D eigenvalue weighted by molar-refractivity contribution is -0.0594. The lowest BCUT2D eigenvalue weighted by Crippen LogP contribution is -2.33. The summed E-state index contributed by atoms with van der Waals surface area (Å²) in [5.74, 6) is -0.761. The van der Waals surface area contributed by atoms with Crippen LogP contribution in [0.1, 0.15) is 16.7 Å². The molecule has 0 bridgehead atoms. The van der Waals surface area contributed by atoms with Crippen LogP contribution in [0.3, 0.4) is 0 Å². The number of nitrogens with zero attached hydrogens (tertiary/aromatic N) is 3. The first-order valence-electron chi connectivity index (χ1n) is 4.88. The van der Waals surface area contributed by atoms with Gasteiger partial charge in [0, 0.05) is 0 Å². The van der Waals surface area contributed by atoms with Crippen molar-refractivity contribution in [2.45, 2.75) is 24.5 Å². The maximum absolute atomic E-state index is 10.8. The van der Waals surface area contributed by atoms with E-state index in [0.29, 0.717) is 0 Å². The molecule has 1 aliphatic heterocycles. The molecule has 1 fully saturated rings. The molecule has 0 saturated carbocycles. The quantitative estimate of drug-likeness (QED) is 0.443. The van der Waals surface area contributed by atoms with Crippen LogP contribution in [-0.2, 0) is 4.74 Å². The van der Waals surface area contributed by atoms with Crippen LogP contribution in [-0.4, -0.2) is 61.1 Å². The Kier molecular flexibility index (Phi) is 3.07. The molecule has 0 aliphatic carbocycles. The van der Waals surface area contributed by atoms with Gasteiger partial charge in [-0.1, -0.05) is 5.21 Å². The molecular weight excluding hydrogens is 232 g/mol. The molecule has 5 N–H and O–H groups in total. The Balaban J connectivity index is 2.19. The number of aliphatic hydroxyl groups excluding tert-OH is 3. The summed E-state index contributed by atoms with van der Waals surface area (Å²) in [5.41, 5.74) is 4.91. The van der Waals surface area contributed by atoms with Gasteiger partial charge in [-0.15, -0.1) is 5.10 Å². The Labute approximate surface area is 95.4 Å². The van der Waals surface area contributed by atoms with Gasteiger partial charge in [0.25, 0.3) is 5.91 Å². The van der Waals surface area contributed by atoms with Crippen molar-refractivity contribution in [2.75, 3.05) is 6.61 Å². The molecule has 17 heavy (non-hydrogen) atoms. The SMILES string of the molecule is NC(=O)c1cn(C2O[C@H](CO)[C@@H](O)[C@H]2O)nn1. The number of carbonyl (C=O) groups is 1. The number of nitrogens with two attached hydrogens (primary N) is 1. The van der Waals surface area contributed by atoms with E-state index in [-0.39, 0.29) is 5.69 Å². The summed E-state index contributed by atoms with van der Waals surface area (Å²) in [6.07, 6.45) is -3.22. The third-order valence-electron chi connectivity index (χ3n) is 2.54. The molecule has 9 nitrogen and oxygen atoms in total. The van der Waals surface area contributed by atoms with E-state index >= 15 is 0 Å². The normalized spacial score (nSPS) is 32.9. The smallest absolute Gasteiger partial charge is 0.270 e. The lowest BCUT2D eigenvalue weighted by Gasteiger charge is -2.13. The van der Waals surface area contributed by atoms with Gasteiger partial charge in [0.15, 0.2) is 11.9 Å². The van der Waals surface area contributed by atoms with Crippen molar-refractivity contribution in [3.63, 3.8) is 0 Å². The summed E-state index contributed by atoms with van der Waals surface area (Å²) in [6, 6.07) is 0. The molecule has 2 heterocycles. The fraction of sp³-hybridized carbons (Fsp3) is 0.625. The van der Waals surface area contributed by atoms with Gasteiger partial charge >= 0.3 is 0 Å². The number of amides is 1. The zero-order valence-electron chi connectivity index (χ0n) is 8.67. The van der Waals surface area contributed by atoms with Gasteiger partial charge in [-0.05, 0) is 0 Å². The monoisotopic (exact) mass is 244 g/mol. The van der Waals surface area contributed by atoms with Gasteiger partial charge in [0.05, 0.1) is 12.8 Å². The minimum absolute atomic E-state index is 0.0808. The van der Waals surface area contributed by atoms with Crippen molar-refractivity contribution in [3.05, 3.63) is 11.9 Å². The highest BCUT2D eigenvalue weighted by Crippen LogP contribution is 2.28. The van der Waals surface area contributed by atoms with E-state index in [2.05, 4.69) is 10.3 Å². The molecule has 4 atom stereocenters. The van der Waals surface area contributed by atoms with Gasteiger partial charge in [-0.2, -0.15) is 0 Å². The van der Waals surface area contributed by atoms with Crippen molar-refractivity contribution in [3.8, 4) is 0 Å². The molecule has 9 heteroatoms. The van der Waals surface area contributed by atoms with Crippen LogP contribution >= 0.6 is 0 Å². The van der Waals surface area contributed by atoms with E-state index in [0.717, 1.165) is 4.68 Å². The van der Waals surface area contributed by atoms with E-state index in [1.165, 1.54) is 6.20 Å². The minimum Gasteiger partial charge on any atom is -0.394 e. The maximum Gasteiger partial charge on any atom is 0.270 e. The summed E-state index contributed by atoms with van der Waals surface area (Å²) >= 11 is 0. The Morgan fingerprint density at radius 3 is 2.71 bits per heavy atom. The molecule has 2 rings (SSSR count). The van der Waals surface area contributed by atoms with Crippen molar-refractivity contribution in [2.24, 2.45) is 5.73 Å². The number of hydrogen-bond donors (Lipinski definition) is 4. The van der Waals surface area contributed by atoms with Crippen molar-refractivity contribution >= 4 is 5.91 Å². The van der Waals surface area contributed by atoms with E-state index in [4.69, 9.17) is 15.6 Å². The first-order chi connectivity index (χ1) is 8.04. The molecule has 94 valence electrons. The molecule has 1 amide bonds. The van der Waals surface area contributed by atoms with Gasteiger partial charge in [-0.3, -0.25) is 4.79 Å². The molecule has 1 saturated heterocycles. The average Bonchev–Trinajstić information content (AvgIpc) is 2.87. The van der Waals surface area contributed by atoms with Crippen molar-refractivity contribution in [1.29, 1.82) is 0 Å². The predicted molar refractivity (Wildman–Crippen MR) is 51.5 cm³/mol. The van der Waals surface area contributed by atoms with Gasteiger partial charge in [0.2, 0.25) is 0 Å². The largest absolute Gasteiger partial charge is 0.394 e. The van der Waals surface area contributed by atoms with Gasteiger partial charge in [-0.25, -0.2) is 4.68 Å². The van der Waals surface area contributed by atoms with E-state index in [1.54, 1.807) is 0 Å². The number of carbonyl (C=O) groups excluding carboxylic acids is 1. The molecule has 0 aromatic carbocycles. The lowest BCUT2D eigenvalue weighted by atomic mass is 10.1. The molecule has 1 aromatic heterocycles. The second-order valence-corrected chi connectivity index (χ2v) is 3.68. The van der Waals surface area contributed by atoms with Crippen LogP contribution in [0.2, 0.25) is 0 Å². The summed E-state index contributed by atoms with van der Waals surface area (Å²) in [7, 11) is 0. The van der Waals surface area contributed by atoms with E-state index in [9.17, 15) is 15.0 Å². The average molecular weight is 244 g/mol. The molecule has 1 aromatic rings. The summed E-state index contributed by atoms with van der Waals surface area (Å²) in [4.78, 5) is 10.8. The van der Waals surface area contributed by atoms with Crippen LogP contribution in [0.15, 0.2) is 6.20 Å². The van der Waals surface area contributed by atoms with Crippen LogP contribution < -0.4 is 5.73 Å². The molecule has 1 unspecified atom stereocenters. The first kappa shape index (κ1) is 11.9. The second kappa shape index (κ2) is 4.37. The summed E-state index contributed by atoms with van der Waals surface area (Å²) in [6.45, 7) is -0.438. The highest BCUT2D eigenvalue weighted by atomic mass is 16.6. The maximum atomic E-state index is 10.8. The van der Waals surface area contributed by atoms with E-state index in [1.807, 2.05) is 0 Å². The first-order valence-corrected chi connectivity index (χ1v) is 4.88. The molecule has 0 spiro atoms. The number of hydrogen-bond acceptors (Lipinski definition) is 7. The molecular formula is C8H12N4O5. The van der Waals surface area contributed by atoms with Crippen LogP contribution in [0, 0.1) is 0 Å². The van der Waals surface area contributed by atoms with Crippen LogP contribution in [0.25, 0.3) is 0 Å². The van der Waals surface area contributed by atoms with Gasteiger partial charge in [0.1, 0.15) is 18.3 Å². The number of ether oxygens (including phenoxy) is 1. The fourth-order valence-corrected chi connectivity index (χ4v) is 1.61. The third-order valence-corrected chi connectivity index (χ3v) is 2.54. The zero-order valence-corrected chi connectivity index (χ0v) is 8.67. The number of primary amides is 1. The zero-order chi connectivity index (χ0) is 12.6. The van der Waals surface area contributed by atoms with Crippen molar-refractivity contribution < 1.29 is 24.9 Å².